The Morgan fingerprint density at radius 3 is 2.66 bits per heavy atom. The van der Waals surface area contributed by atoms with Gasteiger partial charge in [0.2, 0.25) is 0 Å². The highest BCUT2D eigenvalue weighted by Crippen LogP contribution is 2.31. The molecule has 29 heavy (non-hydrogen) atoms. The number of ether oxygens (including phenoxy) is 1. The van der Waals surface area contributed by atoms with E-state index in [9.17, 15) is 4.79 Å². The minimum absolute atomic E-state index is 0.0185. The van der Waals surface area contributed by atoms with Gasteiger partial charge in [-0.3, -0.25) is 9.69 Å². The summed E-state index contributed by atoms with van der Waals surface area (Å²) in [5, 5.41) is 4.10. The molecule has 0 unspecified atom stereocenters. The molecule has 0 saturated carbocycles. The first-order chi connectivity index (χ1) is 13.9. The molecule has 1 aliphatic heterocycles. The predicted molar refractivity (Wildman–Crippen MR) is 113 cm³/mol. The molecule has 0 aromatic carbocycles. The number of hydrogen-bond donors (Lipinski definition) is 1. The maximum atomic E-state index is 13.0. The Hall–Kier alpha value is -2.29. The second-order valence-electron chi connectivity index (χ2n) is 7.42. The van der Waals surface area contributed by atoms with Crippen molar-refractivity contribution in [2.45, 2.75) is 33.7 Å². The number of carbonyl (C=O) groups is 1. The van der Waals surface area contributed by atoms with Crippen LogP contribution < -0.4 is 5.32 Å². The molecule has 1 aliphatic rings. The van der Waals surface area contributed by atoms with Gasteiger partial charge in [0.15, 0.2) is 0 Å². The van der Waals surface area contributed by atoms with Gasteiger partial charge in [0.1, 0.15) is 22.2 Å². The van der Waals surface area contributed by atoms with Crippen molar-refractivity contribution in [3.05, 3.63) is 45.6 Å². The normalized spacial score (nSPS) is 16.3. The number of carbonyl (C=O) groups excluding carboxylic acids is 1. The summed E-state index contributed by atoms with van der Waals surface area (Å²) in [6, 6.07) is 3.94. The van der Waals surface area contributed by atoms with Gasteiger partial charge in [-0.15, -0.1) is 11.3 Å². The molecule has 4 heterocycles. The van der Waals surface area contributed by atoms with E-state index in [1.807, 2.05) is 39.8 Å². The number of thiophene rings is 1. The monoisotopic (exact) mass is 414 g/mol. The number of aromatic nitrogens is 2. The molecule has 3 aromatic heterocycles. The van der Waals surface area contributed by atoms with Crippen molar-refractivity contribution in [3.63, 3.8) is 0 Å². The maximum Gasteiger partial charge on any atom is 0.261 e. The third-order valence-electron chi connectivity index (χ3n) is 5.32. The van der Waals surface area contributed by atoms with Crippen molar-refractivity contribution in [2.75, 3.05) is 32.8 Å². The van der Waals surface area contributed by atoms with E-state index in [1.165, 1.54) is 11.3 Å². The Bertz CT molecular complexity index is 1040. The summed E-state index contributed by atoms with van der Waals surface area (Å²) in [5.41, 5.74) is 1.86. The highest BCUT2D eigenvalue weighted by atomic mass is 32.1. The third kappa shape index (κ3) is 4.05. The fourth-order valence-corrected chi connectivity index (χ4v) is 5.09. The van der Waals surface area contributed by atoms with Crippen LogP contribution in [0.15, 0.2) is 16.5 Å². The van der Waals surface area contributed by atoms with E-state index in [1.54, 1.807) is 0 Å². The fourth-order valence-electron chi connectivity index (χ4n) is 3.89. The standard InChI is InChI=1S/C21H26N4O3S/c1-12-5-6-17(28-12)16(25-7-9-27-10-8-25)11-22-20(26)19-13(2)18-14(3)23-15(4)24-21(18)29-19/h5-6,16H,7-11H2,1-4H3,(H,22,26)/t16-/m0/s1. The SMILES string of the molecule is Cc1nc(C)c2c(C)c(C(=O)NC[C@@H](c3ccc(C)o3)N3CCOCC3)sc2n1. The van der Waals surface area contributed by atoms with Crippen molar-refractivity contribution < 1.29 is 13.9 Å². The van der Waals surface area contributed by atoms with Gasteiger partial charge in [0.05, 0.1) is 24.1 Å². The molecule has 1 N–H and O–H groups in total. The van der Waals surface area contributed by atoms with Crippen molar-refractivity contribution >= 4 is 27.5 Å². The van der Waals surface area contributed by atoms with Crippen LogP contribution in [-0.2, 0) is 4.74 Å². The van der Waals surface area contributed by atoms with Crippen LogP contribution in [0, 0.1) is 27.7 Å². The summed E-state index contributed by atoms with van der Waals surface area (Å²) < 4.78 is 11.4. The minimum atomic E-state index is -0.0795. The number of fused-ring (bicyclic) bond motifs is 1. The number of rotatable bonds is 5. The van der Waals surface area contributed by atoms with Crippen LogP contribution in [0.1, 0.15) is 44.3 Å². The number of nitrogens with zero attached hydrogens (tertiary/aromatic N) is 3. The summed E-state index contributed by atoms with van der Waals surface area (Å²) in [7, 11) is 0. The fraction of sp³-hybridized carbons (Fsp3) is 0.476. The Kier molecular flexibility index (Phi) is 5.67. The molecule has 7 nitrogen and oxygen atoms in total. The number of hydrogen-bond acceptors (Lipinski definition) is 7. The van der Waals surface area contributed by atoms with Gasteiger partial charge in [0, 0.05) is 30.7 Å². The van der Waals surface area contributed by atoms with E-state index in [0.29, 0.717) is 24.6 Å². The second-order valence-corrected chi connectivity index (χ2v) is 8.41. The molecule has 4 rings (SSSR count). The lowest BCUT2D eigenvalue weighted by atomic mass is 10.1. The zero-order valence-electron chi connectivity index (χ0n) is 17.2. The van der Waals surface area contributed by atoms with E-state index in [0.717, 1.165) is 51.9 Å². The summed E-state index contributed by atoms with van der Waals surface area (Å²) in [6.07, 6.45) is 0. The largest absolute Gasteiger partial charge is 0.465 e. The van der Waals surface area contributed by atoms with Crippen molar-refractivity contribution in [1.82, 2.24) is 20.2 Å². The number of furan rings is 1. The van der Waals surface area contributed by atoms with Gasteiger partial charge >= 0.3 is 0 Å². The highest BCUT2D eigenvalue weighted by Gasteiger charge is 2.27. The summed E-state index contributed by atoms with van der Waals surface area (Å²) in [4.78, 5) is 25.9. The molecule has 3 aromatic rings. The predicted octanol–water partition coefficient (Wildman–Crippen LogP) is 3.32. The van der Waals surface area contributed by atoms with Gasteiger partial charge in [-0.1, -0.05) is 0 Å². The van der Waals surface area contributed by atoms with Crippen LogP contribution in [0.2, 0.25) is 0 Å². The molecular formula is C21H26N4O3S. The van der Waals surface area contributed by atoms with Crippen LogP contribution in [0.4, 0.5) is 0 Å². The lowest BCUT2D eigenvalue weighted by Gasteiger charge is -2.33. The van der Waals surface area contributed by atoms with Crippen LogP contribution in [-0.4, -0.2) is 53.6 Å². The Balaban J connectivity index is 1.56. The topological polar surface area (TPSA) is 80.5 Å². The van der Waals surface area contributed by atoms with Gasteiger partial charge in [0.25, 0.3) is 5.91 Å². The van der Waals surface area contributed by atoms with Crippen LogP contribution >= 0.6 is 11.3 Å². The maximum absolute atomic E-state index is 13.0. The van der Waals surface area contributed by atoms with Crippen molar-refractivity contribution in [2.24, 2.45) is 0 Å². The van der Waals surface area contributed by atoms with Gasteiger partial charge in [-0.05, 0) is 45.4 Å². The van der Waals surface area contributed by atoms with Crippen molar-refractivity contribution in [3.8, 4) is 0 Å². The van der Waals surface area contributed by atoms with E-state index in [4.69, 9.17) is 9.15 Å². The average molecular weight is 415 g/mol. The molecule has 0 spiro atoms. The van der Waals surface area contributed by atoms with Crippen molar-refractivity contribution in [1.29, 1.82) is 0 Å². The van der Waals surface area contributed by atoms with Gasteiger partial charge < -0.3 is 14.5 Å². The zero-order chi connectivity index (χ0) is 20.5. The van der Waals surface area contributed by atoms with Gasteiger partial charge in [-0.2, -0.15) is 0 Å². The summed E-state index contributed by atoms with van der Waals surface area (Å²) in [6.45, 7) is 11.2. The van der Waals surface area contributed by atoms with Crippen LogP contribution in [0.25, 0.3) is 10.2 Å². The average Bonchev–Trinajstić information content (AvgIpc) is 3.26. The summed E-state index contributed by atoms with van der Waals surface area (Å²) in [5.74, 6) is 2.39. The van der Waals surface area contributed by atoms with E-state index < -0.39 is 0 Å². The smallest absolute Gasteiger partial charge is 0.261 e. The summed E-state index contributed by atoms with van der Waals surface area (Å²) >= 11 is 1.43. The van der Waals surface area contributed by atoms with Crippen LogP contribution in [0.3, 0.4) is 0 Å². The molecule has 0 radical (unpaired) electrons. The zero-order valence-corrected chi connectivity index (χ0v) is 18.1. The number of morpholine rings is 1. The second kappa shape index (κ2) is 8.22. The quantitative estimate of drug-likeness (QED) is 0.690. The molecule has 1 fully saturated rings. The first-order valence-electron chi connectivity index (χ1n) is 9.84. The Morgan fingerprint density at radius 1 is 1.21 bits per heavy atom. The molecule has 154 valence electrons. The molecular weight excluding hydrogens is 388 g/mol. The lowest BCUT2D eigenvalue weighted by Crippen LogP contribution is -2.43. The molecule has 0 aliphatic carbocycles. The van der Waals surface area contributed by atoms with Crippen LogP contribution in [0.5, 0.6) is 0 Å². The van der Waals surface area contributed by atoms with E-state index >= 15 is 0 Å². The number of aryl methyl sites for hydroxylation is 4. The molecule has 1 atom stereocenters. The van der Waals surface area contributed by atoms with E-state index in [2.05, 4.69) is 20.2 Å². The first kappa shape index (κ1) is 20.0. The Labute approximate surface area is 174 Å². The van der Waals surface area contributed by atoms with Gasteiger partial charge in [-0.25, -0.2) is 9.97 Å². The molecule has 0 bridgehead atoms. The molecule has 1 saturated heterocycles. The highest BCUT2D eigenvalue weighted by molar-refractivity contribution is 7.20. The lowest BCUT2D eigenvalue weighted by molar-refractivity contribution is 0.0117. The number of nitrogens with one attached hydrogen (secondary N) is 1. The first-order valence-corrected chi connectivity index (χ1v) is 10.7. The molecule has 1 amide bonds. The Morgan fingerprint density at radius 2 is 1.97 bits per heavy atom. The third-order valence-corrected chi connectivity index (χ3v) is 6.51. The van der Waals surface area contributed by atoms with E-state index in [-0.39, 0.29) is 11.9 Å². The molecule has 8 heteroatoms. The number of amides is 1. The minimum Gasteiger partial charge on any atom is -0.465 e.